The molecule has 0 saturated heterocycles. The van der Waals surface area contributed by atoms with Crippen molar-refractivity contribution in [1.29, 1.82) is 0 Å². The molecule has 0 aliphatic carbocycles. The highest BCUT2D eigenvalue weighted by Gasteiger charge is 2.29. The molecule has 162 valence electrons. The summed E-state index contributed by atoms with van der Waals surface area (Å²) in [4.78, 5) is 4.56. The van der Waals surface area contributed by atoms with Gasteiger partial charge in [0.15, 0.2) is 11.5 Å². The average molecular weight is 422 g/mol. The lowest BCUT2D eigenvalue weighted by atomic mass is 9.91. The van der Waals surface area contributed by atoms with Gasteiger partial charge in [0.2, 0.25) is 5.75 Å². The number of benzene rings is 2. The minimum atomic E-state index is -0.912. The van der Waals surface area contributed by atoms with E-state index in [1.165, 1.54) is 0 Å². The maximum atomic E-state index is 11.1. The van der Waals surface area contributed by atoms with E-state index in [4.69, 9.17) is 18.9 Å². The van der Waals surface area contributed by atoms with E-state index in [0.717, 1.165) is 22.7 Å². The molecule has 0 fully saturated rings. The van der Waals surface area contributed by atoms with E-state index in [1.54, 1.807) is 46.8 Å². The molecule has 4 rings (SSSR count). The van der Waals surface area contributed by atoms with Crippen molar-refractivity contribution >= 4 is 5.82 Å². The number of nitrogens with zero attached hydrogens (tertiary/aromatic N) is 1. The Kier molecular flexibility index (Phi) is 5.86. The number of anilines is 1. The zero-order valence-corrected chi connectivity index (χ0v) is 18.0. The summed E-state index contributed by atoms with van der Waals surface area (Å²) in [6.45, 7) is 0.715. The van der Waals surface area contributed by atoms with Gasteiger partial charge < -0.3 is 29.4 Å². The summed E-state index contributed by atoms with van der Waals surface area (Å²) in [5, 5.41) is 14.5. The Hall–Kier alpha value is -3.45. The normalized spacial score (nSPS) is 15.6. The predicted octanol–water partition coefficient (Wildman–Crippen LogP) is 3.76. The quantitative estimate of drug-likeness (QED) is 0.600. The predicted molar refractivity (Wildman–Crippen MR) is 118 cm³/mol. The van der Waals surface area contributed by atoms with Crippen LogP contribution in [0.4, 0.5) is 5.82 Å². The van der Waals surface area contributed by atoms with Crippen LogP contribution in [0.1, 0.15) is 34.3 Å². The number of aromatic nitrogens is 1. The molecule has 31 heavy (non-hydrogen) atoms. The zero-order chi connectivity index (χ0) is 22.0. The maximum absolute atomic E-state index is 11.1. The maximum Gasteiger partial charge on any atom is 0.203 e. The molecular formula is C24H26N2O5. The van der Waals surface area contributed by atoms with Gasteiger partial charge in [0.25, 0.3) is 0 Å². The topological polar surface area (TPSA) is 82.1 Å². The lowest BCUT2D eigenvalue weighted by Gasteiger charge is -2.19. The molecule has 0 bridgehead atoms. The number of methoxy groups -OCH3 is 4. The summed E-state index contributed by atoms with van der Waals surface area (Å²) in [7, 11) is 6.32. The van der Waals surface area contributed by atoms with Crippen LogP contribution < -0.4 is 24.3 Å². The summed E-state index contributed by atoms with van der Waals surface area (Å²) in [6, 6.07) is 13.4. The molecule has 7 nitrogen and oxygen atoms in total. The Morgan fingerprint density at radius 3 is 2.19 bits per heavy atom. The molecule has 1 aliphatic rings. The SMILES string of the molecule is COc1ccccc1C1CNc2ncc(C(O)c3cc(OC)c(OC)c(OC)c3)cc21. The number of aliphatic hydroxyl groups is 1. The van der Waals surface area contributed by atoms with Gasteiger partial charge in [0, 0.05) is 35.3 Å². The van der Waals surface area contributed by atoms with E-state index in [2.05, 4.69) is 16.4 Å². The number of fused-ring (bicyclic) bond motifs is 1. The number of hydrogen-bond donors (Lipinski definition) is 2. The Balaban J connectivity index is 1.73. The summed E-state index contributed by atoms with van der Waals surface area (Å²) < 4.78 is 21.8. The van der Waals surface area contributed by atoms with Crippen LogP contribution in [0.3, 0.4) is 0 Å². The molecule has 0 amide bonds. The zero-order valence-electron chi connectivity index (χ0n) is 18.0. The molecule has 2 unspecified atom stereocenters. The molecule has 0 saturated carbocycles. The molecule has 1 aromatic heterocycles. The molecule has 2 atom stereocenters. The smallest absolute Gasteiger partial charge is 0.203 e. The summed E-state index contributed by atoms with van der Waals surface area (Å²) in [5.74, 6) is 3.17. The van der Waals surface area contributed by atoms with Gasteiger partial charge in [0.05, 0.1) is 28.4 Å². The molecule has 3 aromatic rings. The fourth-order valence-corrected chi connectivity index (χ4v) is 4.05. The largest absolute Gasteiger partial charge is 0.496 e. The first-order valence-corrected chi connectivity index (χ1v) is 9.95. The Morgan fingerprint density at radius 1 is 0.871 bits per heavy atom. The van der Waals surface area contributed by atoms with Gasteiger partial charge in [-0.25, -0.2) is 4.98 Å². The highest BCUT2D eigenvalue weighted by molar-refractivity contribution is 5.60. The van der Waals surface area contributed by atoms with Crippen LogP contribution in [0, 0.1) is 0 Å². The first kappa shape index (κ1) is 20.8. The number of ether oxygens (including phenoxy) is 4. The van der Waals surface area contributed by atoms with Gasteiger partial charge in [0.1, 0.15) is 17.7 Å². The van der Waals surface area contributed by atoms with E-state index in [1.807, 2.05) is 24.3 Å². The van der Waals surface area contributed by atoms with Crippen molar-refractivity contribution in [2.75, 3.05) is 40.3 Å². The Labute approximate surface area is 181 Å². The fourth-order valence-electron chi connectivity index (χ4n) is 4.05. The minimum absolute atomic E-state index is 0.0748. The fraction of sp³-hybridized carbons (Fsp3) is 0.292. The van der Waals surface area contributed by atoms with Crippen molar-refractivity contribution < 1.29 is 24.1 Å². The molecule has 2 N–H and O–H groups in total. The lowest BCUT2D eigenvalue weighted by molar-refractivity contribution is 0.218. The van der Waals surface area contributed by atoms with Crippen molar-refractivity contribution in [1.82, 2.24) is 4.98 Å². The van der Waals surface area contributed by atoms with Crippen LogP contribution in [-0.4, -0.2) is 45.1 Å². The van der Waals surface area contributed by atoms with Gasteiger partial charge >= 0.3 is 0 Å². The van der Waals surface area contributed by atoms with Gasteiger partial charge in [-0.15, -0.1) is 0 Å². The van der Waals surface area contributed by atoms with Crippen molar-refractivity contribution in [3.05, 3.63) is 70.9 Å². The molecule has 0 radical (unpaired) electrons. The van der Waals surface area contributed by atoms with Crippen LogP contribution in [0.2, 0.25) is 0 Å². The summed E-state index contributed by atoms with van der Waals surface area (Å²) in [6.07, 6.45) is 0.773. The van der Waals surface area contributed by atoms with Gasteiger partial charge in [-0.3, -0.25) is 0 Å². The monoisotopic (exact) mass is 422 g/mol. The molecular weight excluding hydrogens is 396 g/mol. The molecule has 2 heterocycles. The average Bonchev–Trinajstić information content (AvgIpc) is 3.25. The van der Waals surface area contributed by atoms with Gasteiger partial charge in [-0.2, -0.15) is 0 Å². The van der Waals surface area contributed by atoms with Crippen LogP contribution in [0.25, 0.3) is 0 Å². The third kappa shape index (κ3) is 3.72. The van der Waals surface area contributed by atoms with E-state index in [9.17, 15) is 5.11 Å². The first-order chi connectivity index (χ1) is 15.1. The van der Waals surface area contributed by atoms with Crippen LogP contribution >= 0.6 is 0 Å². The number of hydrogen-bond acceptors (Lipinski definition) is 7. The number of rotatable bonds is 7. The highest BCUT2D eigenvalue weighted by atomic mass is 16.5. The Morgan fingerprint density at radius 2 is 1.55 bits per heavy atom. The van der Waals surface area contributed by atoms with Crippen molar-refractivity contribution in [2.24, 2.45) is 0 Å². The molecule has 7 heteroatoms. The van der Waals surface area contributed by atoms with Gasteiger partial charge in [-0.05, 0) is 29.8 Å². The molecule has 2 aromatic carbocycles. The first-order valence-electron chi connectivity index (χ1n) is 9.95. The van der Waals surface area contributed by atoms with E-state index in [0.29, 0.717) is 34.9 Å². The van der Waals surface area contributed by atoms with E-state index >= 15 is 0 Å². The van der Waals surface area contributed by atoms with Crippen LogP contribution in [0.5, 0.6) is 23.0 Å². The van der Waals surface area contributed by atoms with Crippen LogP contribution in [0.15, 0.2) is 48.7 Å². The number of nitrogens with one attached hydrogen (secondary N) is 1. The number of para-hydroxylation sites is 1. The molecule has 1 aliphatic heterocycles. The second kappa shape index (κ2) is 8.73. The van der Waals surface area contributed by atoms with E-state index < -0.39 is 6.10 Å². The van der Waals surface area contributed by atoms with Crippen molar-refractivity contribution in [2.45, 2.75) is 12.0 Å². The number of aliphatic hydroxyl groups excluding tert-OH is 1. The van der Waals surface area contributed by atoms with E-state index in [-0.39, 0.29) is 5.92 Å². The summed E-state index contributed by atoms with van der Waals surface area (Å²) >= 11 is 0. The van der Waals surface area contributed by atoms with Crippen molar-refractivity contribution in [3.63, 3.8) is 0 Å². The third-order valence-corrected chi connectivity index (χ3v) is 5.62. The minimum Gasteiger partial charge on any atom is -0.496 e. The third-order valence-electron chi connectivity index (χ3n) is 5.62. The standard InChI is InChI=1S/C24H26N2O5/c1-28-19-8-6-5-7-16(19)18-13-26-24-17(18)9-15(12-25-24)22(27)14-10-20(29-2)23(31-4)21(11-14)30-3/h5-12,18,22,27H,13H2,1-4H3,(H,25,26). The van der Waals surface area contributed by atoms with Crippen LogP contribution in [-0.2, 0) is 0 Å². The number of pyridine rings is 1. The second-order valence-electron chi connectivity index (χ2n) is 7.24. The molecule has 0 spiro atoms. The lowest BCUT2D eigenvalue weighted by Crippen LogP contribution is -2.06. The van der Waals surface area contributed by atoms with Gasteiger partial charge in [-0.1, -0.05) is 18.2 Å². The highest BCUT2D eigenvalue weighted by Crippen LogP contribution is 2.43. The van der Waals surface area contributed by atoms with Crippen molar-refractivity contribution in [3.8, 4) is 23.0 Å². The summed E-state index contributed by atoms with van der Waals surface area (Å²) in [5.41, 5.74) is 3.40. The Bertz CT molecular complexity index is 1060. The second-order valence-corrected chi connectivity index (χ2v) is 7.24.